The maximum absolute atomic E-state index is 4.83. The minimum atomic E-state index is -0.967. The number of nitrogens with zero attached hydrogens (tertiary/aromatic N) is 1. The van der Waals surface area contributed by atoms with Crippen LogP contribution in [-0.4, -0.2) is 35.0 Å². The zero-order valence-corrected chi connectivity index (χ0v) is 14.6. The number of hydrogen-bond donors (Lipinski definition) is 2. The number of thioether (sulfide) groups is 1. The van der Waals surface area contributed by atoms with Gasteiger partial charge in [0.05, 0.1) is 5.69 Å². The van der Waals surface area contributed by atoms with E-state index in [0.717, 1.165) is 13.0 Å². The number of fused-ring (bicyclic) bond motifs is 1. The van der Waals surface area contributed by atoms with Crippen LogP contribution in [0.3, 0.4) is 0 Å². The Kier molecular flexibility index (Phi) is 5.34. The predicted octanol–water partition coefficient (Wildman–Crippen LogP) is 3.57. The molecular weight excluding hydrogens is 300 g/mol. The maximum Gasteiger partial charge on any atom is 0.141 e. The monoisotopic (exact) mass is 322 g/mol. The second-order valence-corrected chi connectivity index (χ2v) is 13.2. The van der Waals surface area contributed by atoms with E-state index in [-0.39, 0.29) is 0 Å². The van der Waals surface area contributed by atoms with Crippen molar-refractivity contribution < 1.29 is 0 Å². The van der Waals surface area contributed by atoms with Gasteiger partial charge in [-0.3, -0.25) is 0 Å². The number of aromatic nitrogens is 1. The van der Waals surface area contributed by atoms with Crippen molar-refractivity contribution in [1.82, 2.24) is 10.3 Å². The molecule has 1 aliphatic rings. The average Bonchev–Trinajstić information content (AvgIpc) is 2.63. The van der Waals surface area contributed by atoms with E-state index in [1.807, 2.05) is 23.1 Å². The van der Waals surface area contributed by atoms with Crippen molar-refractivity contribution in [2.45, 2.75) is 36.7 Å². The first kappa shape index (κ1) is 15.0. The molecule has 0 saturated heterocycles. The van der Waals surface area contributed by atoms with Crippen molar-refractivity contribution in [3.8, 4) is 0 Å². The molecule has 2 heterocycles. The second kappa shape index (κ2) is 6.39. The topological polar surface area (TPSA) is 24.9 Å². The number of aryl methyl sites for hydroxylation is 1. The fourth-order valence-corrected chi connectivity index (χ4v) is 5.46. The van der Waals surface area contributed by atoms with E-state index in [4.69, 9.17) is 16.6 Å². The Balaban J connectivity index is 2.03. The van der Waals surface area contributed by atoms with Crippen LogP contribution >= 0.6 is 43.8 Å². The third kappa shape index (κ3) is 3.82. The molecule has 18 heavy (non-hydrogen) atoms. The van der Waals surface area contributed by atoms with Gasteiger partial charge in [0, 0.05) is 23.2 Å². The summed E-state index contributed by atoms with van der Waals surface area (Å²) in [4.78, 5) is 6.26. The summed E-state index contributed by atoms with van der Waals surface area (Å²) in [7, 11) is -0.967. The molecule has 0 aromatic carbocycles. The summed E-state index contributed by atoms with van der Waals surface area (Å²) in [6.45, 7) is 3.22. The molecule has 1 unspecified atom stereocenters. The number of thiol groups is 1. The number of thiazole rings is 1. The largest absolute Gasteiger partial charge is 0.308 e. The average molecular weight is 323 g/mol. The van der Waals surface area contributed by atoms with Gasteiger partial charge in [-0.1, -0.05) is 6.92 Å². The van der Waals surface area contributed by atoms with Gasteiger partial charge >= 0.3 is 0 Å². The zero-order chi connectivity index (χ0) is 13.2. The van der Waals surface area contributed by atoms with E-state index < -0.39 is 9.06 Å². The normalized spacial score (nSPS) is 21.4. The van der Waals surface area contributed by atoms with Gasteiger partial charge in [0.2, 0.25) is 0 Å². The Labute approximate surface area is 125 Å². The van der Waals surface area contributed by atoms with Gasteiger partial charge in [-0.15, -0.1) is 32.1 Å². The van der Waals surface area contributed by atoms with Crippen molar-refractivity contribution in [2.75, 3.05) is 24.0 Å². The fraction of sp³-hybridized carbons (Fsp3) is 0.750. The molecule has 1 atom stereocenters. The van der Waals surface area contributed by atoms with Crippen LogP contribution in [0.4, 0.5) is 0 Å². The van der Waals surface area contributed by atoms with Gasteiger partial charge in [0.1, 0.15) is 4.34 Å². The molecule has 0 bridgehead atoms. The highest BCUT2D eigenvalue weighted by Gasteiger charge is 2.22. The van der Waals surface area contributed by atoms with Crippen LogP contribution in [0.5, 0.6) is 0 Å². The molecule has 2 rings (SSSR count). The fourth-order valence-electron chi connectivity index (χ4n) is 1.96. The Morgan fingerprint density at radius 2 is 2.33 bits per heavy atom. The molecule has 1 aliphatic heterocycles. The molecule has 104 valence electrons. The van der Waals surface area contributed by atoms with Crippen molar-refractivity contribution in [3.05, 3.63) is 10.6 Å². The Morgan fingerprint density at radius 3 is 3.00 bits per heavy atom. The minimum Gasteiger partial charge on any atom is -0.308 e. The van der Waals surface area contributed by atoms with Crippen LogP contribution < -0.4 is 5.32 Å². The quantitative estimate of drug-likeness (QED) is 0.655. The number of hydrogen-bond acceptors (Lipinski definition) is 5. The van der Waals surface area contributed by atoms with E-state index in [1.165, 1.54) is 32.8 Å². The van der Waals surface area contributed by atoms with Crippen molar-refractivity contribution in [2.24, 2.45) is 0 Å². The summed E-state index contributed by atoms with van der Waals surface area (Å²) in [6.07, 6.45) is 6.73. The molecule has 1 aromatic heterocycles. The Bertz CT molecular complexity index is 372. The molecule has 0 saturated carbocycles. The van der Waals surface area contributed by atoms with Gasteiger partial charge in [-0.05, 0) is 31.1 Å². The lowest BCUT2D eigenvalue weighted by atomic mass is 10.1. The van der Waals surface area contributed by atoms with Crippen LogP contribution in [0.2, 0.25) is 0 Å². The summed E-state index contributed by atoms with van der Waals surface area (Å²) in [5.74, 6) is 2.43. The van der Waals surface area contributed by atoms with E-state index in [0.29, 0.717) is 6.04 Å². The maximum atomic E-state index is 4.83. The molecule has 0 spiro atoms. The smallest absolute Gasteiger partial charge is 0.141 e. The Hall–Kier alpha value is 0.640. The van der Waals surface area contributed by atoms with Crippen LogP contribution in [0.1, 0.15) is 23.9 Å². The molecule has 0 amide bonds. The number of rotatable bonds is 4. The van der Waals surface area contributed by atoms with Crippen molar-refractivity contribution >= 4 is 43.8 Å². The van der Waals surface area contributed by atoms with Gasteiger partial charge in [-0.2, -0.15) is 11.8 Å². The standard InChI is InChI=1S/C12H22N2S4/c1-4-16-8-9-5-6-10-11(7-13-9)17-12(14-10)18(2,3)15/h9,13,15H,4-8H2,1-3H3. The van der Waals surface area contributed by atoms with Crippen molar-refractivity contribution in [1.29, 1.82) is 0 Å². The van der Waals surface area contributed by atoms with E-state index in [2.05, 4.69) is 24.8 Å². The summed E-state index contributed by atoms with van der Waals surface area (Å²) in [6, 6.07) is 0.649. The summed E-state index contributed by atoms with van der Waals surface area (Å²) < 4.78 is 1.24. The highest BCUT2D eigenvalue weighted by Crippen LogP contribution is 2.55. The van der Waals surface area contributed by atoms with Crippen LogP contribution in [-0.2, 0) is 13.0 Å². The molecule has 6 heteroatoms. The predicted molar refractivity (Wildman–Crippen MR) is 90.8 cm³/mol. The third-order valence-electron chi connectivity index (χ3n) is 2.99. The van der Waals surface area contributed by atoms with Gasteiger partial charge in [0.15, 0.2) is 0 Å². The van der Waals surface area contributed by atoms with E-state index >= 15 is 0 Å². The SMILES string of the molecule is CCSCC1CCc2nc(S(C)(C)S)sc2CN1. The molecule has 0 radical (unpaired) electrons. The third-order valence-corrected chi connectivity index (χ3v) is 8.26. The molecule has 1 aromatic rings. The lowest BCUT2D eigenvalue weighted by Crippen LogP contribution is -2.29. The lowest BCUT2D eigenvalue weighted by molar-refractivity contribution is 0.541. The first-order chi connectivity index (χ1) is 8.50. The second-order valence-electron chi connectivity index (χ2n) is 4.90. The van der Waals surface area contributed by atoms with E-state index in [1.54, 1.807) is 0 Å². The highest BCUT2D eigenvalue weighted by atomic mass is 33.1. The first-order valence-corrected chi connectivity index (χ1v) is 11.7. The number of nitrogens with one attached hydrogen (secondary N) is 1. The minimum absolute atomic E-state index is 0.649. The summed E-state index contributed by atoms with van der Waals surface area (Å²) in [5.41, 5.74) is 1.32. The summed E-state index contributed by atoms with van der Waals surface area (Å²) in [5, 5.41) is 3.67. The van der Waals surface area contributed by atoms with Crippen LogP contribution in [0, 0.1) is 0 Å². The highest BCUT2D eigenvalue weighted by molar-refractivity contribution is 8.87. The first-order valence-electron chi connectivity index (χ1n) is 6.26. The summed E-state index contributed by atoms with van der Waals surface area (Å²) >= 11 is 8.59. The Morgan fingerprint density at radius 1 is 1.56 bits per heavy atom. The molecule has 2 nitrogen and oxygen atoms in total. The molecule has 1 N–H and O–H groups in total. The van der Waals surface area contributed by atoms with E-state index in [9.17, 15) is 0 Å². The lowest BCUT2D eigenvalue weighted by Gasteiger charge is -2.20. The van der Waals surface area contributed by atoms with Gasteiger partial charge in [0.25, 0.3) is 0 Å². The molecular formula is C12H22N2S4. The zero-order valence-electron chi connectivity index (χ0n) is 11.2. The van der Waals surface area contributed by atoms with Crippen molar-refractivity contribution in [3.63, 3.8) is 0 Å². The van der Waals surface area contributed by atoms with Crippen LogP contribution in [0.25, 0.3) is 0 Å². The van der Waals surface area contributed by atoms with Crippen LogP contribution in [0.15, 0.2) is 4.34 Å². The molecule has 0 fully saturated rings. The van der Waals surface area contributed by atoms with Gasteiger partial charge < -0.3 is 5.32 Å². The van der Waals surface area contributed by atoms with Gasteiger partial charge in [-0.25, -0.2) is 4.98 Å². The molecule has 0 aliphatic carbocycles.